The summed E-state index contributed by atoms with van der Waals surface area (Å²) in [5.41, 5.74) is 5.44. The Labute approximate surface area is 127 Å². The van der Waals surface area contributed by atoms with Gasteiger partial charge in [-0.1, -0.05) is 6.07 Å². The molecule has 1 atom stereocenters. The van der Waals surface area contributed by atoms with E-state index >= 15 is 0 Å². The van der Waals surface area contributed by atoms with Crippen molar-refractivity contribution in [3.05, 3.63) is 49.6 Å². The van der Waals surface area contributed by atoms with Crippen LogP contribution in [-0.2, 0) is 6.42 Å². The fraction of sp³-hybridized carbons (Fsp3) is 0.375. The second-order valence-corrected chi connectivity index (χ2v) is 7.83. The van der Waals surface area contributed by atoms with Crippen LogP contribution < -0.4 is 5.32 Å². The molecular weight excluding hydrogens is 318 g/mol. The third-order valence-electron chi connectivity index (χ3n) is 3.93. The summed E-state index contributed by atoms with van der Waals surface area (Å²) in [5, 5.41) is 3.70. The van der Waals surface area contributed by atoms with E-state index in [9.17, 15) is 0 Å². The number of hydrogen-bond acceptors (Lipinski definition) is 2. The molecule has 1 N–H and O–H groups in total. The number of nitrogens with one attached hydrogen (secondary N) is 1. The maximum Gasteiger partial charge on any atom is 0.0705 e. The number of rotatable bonds is 2. The van der Waals surface area contributed by atoms with Crippen LogP contribution in [-0.4, -0.2) is 0 Å². The monoisotopic (exact) mass is 335 g/mol. The Morgan fingerprint density at radius 1 is 1.21 bits per heavy atom. The molecule has 100 valence electrons. The number of aryl methyl sites for hydroxylation is 3. The molecule has 19 heavy (non-hydrogen) atoms. The van der Waals surface area contributed by atoms with Crippen molar-refractivity contribution in [2.45, 2.75) is 39.2 Å². The zero-order chi connectivity index (χ0) is 13.4. The lowest BCUT2D eigenvalue weighted by molar-refractivity contribution is 0.609. The minimum Gasteiger partial charge on any atom is -0.378 e. The molecule has 2 aromatic rings. The molecule has 1 aliphatic rings. The molecular formula is C16H18BrNS. The summed E-state index contributed by atoms with van der Waals surface area (Å²) in [6.07, 6.45) is 3.74. The van der Waals surface area contributed by atoms with Gasteiger partial charge in [-0.15, -0.1) is 11.3 Å². The van der Waals surface area contributed by atoms with Crippen LogP contribution >= 0.6 is 27.3 Å². The predicted molar refractivity (Wildman–Crippen MR) is 87.2 cm³/mol. The Balaban J connectivity index is 1.86. The first kappa shape index (κ1) is 13.2. The highest BCUT2D eigenvalue weighted by atomic mass is 79.9. The first-order valence-electron chi connectivity index (χ1n) is 6.75. The SMILES string of the molecule is Cc1ccc(NC2CCCc3sc(Br)cc32)cc1C. The van der Waals surface area contributed by atoms with Gasteiger partial charge in [0.25, 0.3) is 0 Å². The number of hydrogen-bond donors (Lipinski definition) is 1. The minimum absolute atomic E-state index is 0.466. The molecule has 1 aromatic carbocycles. The van der Waals surface area contributed by atoms with E-state index in [2.05, 4.69) is 59.4 Å². The second-order valence-electron chi connectivity index (χ2n) is 5.32. The van der Waals surface area contributed by atoms with Crippen molar-refractivity contribution in [3.63, 3.8) is 0 Å². The van der Waals surface area contributed by atoms with E-state index in [1.165, 1.54) is 45.4 Å². The number of anilines is 1. The van der Waals surface area contributed by atoms with Crippen molar-refractivity contribution in [2.75, 3.05) is 5.32 Å². The van der Waals surface area contributed by atoms with Crippen molar-refractivity contribution < 1.29 is 0 Å². The van der Waals surface area contributed by atoms with Gasteiger partial charge in [0, 0.05) is 10.6 Å². The lowest BCUT2D eigenvalue weighted by atomic mass is 9.93. The highest BCUT2D eigenvalue weighted by molar-refractivity contribution is 9.11. The minimum atomic E-state index is 0.466. The molecule has 1 aromatic heterocycles. The fourth-order valence-electron chi connectivity index (χ4n) is 2.70. The summed E-state index contributed by atoms with van der Waals surface area (Å²) in [4.78, 5) is 1.54. The Bertz CT molecular complexity index is 603. The zero-order valence-corrected chi connectivity index (χ0v) is 13.7. The van der Waals surface area contributed by atoms with E-state index in [1.807, 2.05) is 11.3 Å². The molecule has 0 saturated carbocycles. The predicted octanol–water partition coefficient (Wildman–Crippen LogP) is 5.62. The first-order chi connectivity index (χ1) is 9.13. The van der Waals surface area contributed by atoms with Gasteiger partial charge in [0.2, 0.25) is 0 Å². The summed E-state index contributed by atoms with van der Waals surface area (Å²) in [5.74, 6) is 0. The lowest BCUT2D eigenvalue weighted by Gasteiger charge is -2.25. The fourth-order valence-corrected chi connectivity index (χ4v) is 4.52. The maximum absolute atomic E-state index is 3.70. The second kappa shape index (κ2) is 5.29. The molecule has 0 saturated heterocycles. The Hall–Kier alpha value is -0.800. The number of benzene rings is 1. The molecule has 0 fully saturated rings. The molecule has 3 rings (SSSR count). The average molecular weight is 336 g/mol. The van der Waals surface area contributed by atoms with Gasteiger partial charge in [-0.3, -0.25) is 0 Å². The topological polar surface area (TPSA) is 12.0 Å². The van der Waals surface area contributed by atoms with Crippen LogP contribution in [0.5, 0.6) is 0 Å². The van der Waals surface area contributed by atoms with Crippen molar-refractivity contribution in [3.8, 4) is 0 Å². The van der Waals surface area contributed by atoms with Crippen LogP contribution in [0.4, 0.5) is 5.69 Å². The van der Waals surface area contributed by atoms with Crippen molar-refractivity contribution >= 4 is 33.0 Å². The van der Waals surface area contributed by atoms with E-state index in [0.717, 1.165) is 0 Å². The number of halogens is 1. The Morgan fingerprint density at radius 2 is 2.05 bits per heavy atom. The van der Waals surface area contributed by atoms with Gasteiger partial charge in [-0.05, 0) is 83.9 Å². The molecule has 0 radical (unpaired) electrons. The highest BCUT2D eigenvalue weighted by Gasteiger charge is 2.22. The van der Waals surface area contributed by atoms with Crippen molar-refractivity contribution in [1.29, 1.82) is 0 Å². The van der Waals surface area contributed by atoms with E-state index in [1.54, 1.807) is 4.88 Å². The summed E-state index contributed by atoms with van der Waals surface area (Å²) in [6.45, 7) is 4.34. The largest absolute Gasteiger partial charge is 0.378 e. The third-order valence-corrected chi connectivity index (χ3v) is 5.65. The molecule has 0 bridgehead atoms. The molecule has 1 heterocycles. The Morgan fingerprint density at radius 3 is 2.84 bits per heavy atom. The molecule has 0 amide bonds. The summed E-state index contributed by atoms with van der Waals surface area (Å²) < 4.78 is 1.26. The Kier molecular flexibility index (Phi) is 3.68. The van der Waals surface area contributed by atoms with E-state index in [0.29, 0.717) is 6.04 Å². The zero-order valence-electron chi connectivity index (χ0n) is 11.3. The first-order valence-corrected chi connectivity index (χ1v) is 8.36. The van der Waals surface area contributed by atoms with Crippen molar-refractivity contribution in [1.82, 2.24) is 0 Å². The van der Waals surface area contributed by atoms with Crippen LogP contribution in [0.25, 0.3) is 0 Å². The molecule has 0 spiro atoms. The number of fused-ring (bicyclic) bond motifs is 1. The normalized spacial score (nSPS) is 18.2. The highest BCUT2D eigenvalue weighted by Crippen LogP contribution is 2.39. The van der Waals surface area contributed by atoms with Crippen LogP contribution in [0.1, 0.15) is 40.5 Å². The van der Waals surface area contributed by atoms with E-state index in [4.69, 9.17) is 0 Å². The van der Waals surface area contributed by atoms with E-state index in [-0.39, 0.29) is 0 Å². The summed E-state index contributed by atoms with van der Waals surface area (Å²) in [6, 6.07) is 9.40. The molecule has 0 aliphatic heterocycles. The lowest BCUT2D eigenvalue weighted by Crippen LogP contribution is -2.15. The van der Waals surface area contributed by atoms with Gasteiger partial charge < -0.3 is 5.32 Å². The van der Waals surface area contributed by atoms with Gasteiger partial charge in [-0.25, -0.2) is 0 Å². The van der Waals surface area contributed by atoms with Gasteiger partial charge in [0.1, 0.15) is 0 Å². The van der Waals surface area contributed by atoms with Crippen LogP contribution in [0.2, 0.25) is 0 Å². The van der Waals surface area contributed by atoms with Crippen LogP contribution in [0.3, 0.4) is 0 Å². The molecule has 1 nitrogen and oxygen atoms in total. The van der Waals surface area contributed by atoms with Gasteiger partial charge in [0.05, 0.1) is 9.83 Å². The van der Waals surface area contributed by atoms with Gasteiger partial charge in [0.15, 0.2) is 0 Å². The smallest absolute Gasteiger partial charge is 0.0705 e. The average Bonchev–Trinajstić information content (AvgIpc) is 2.75. The molecule has 1 unspecified atom stereocenters. The standard InChI is InChI=1S/C16H18BrNS/c1-10-6-7-12(8-11(10)2)18-14-4-3-5-15-13(14)9-16(17)19-15/h6-9,14,18H,3-5H2,1-2H3. The summed E-state index contributed by atoms with van der Waals surface area (Å²) in [7, 11) is 0. The molecule has 3 heteroatoms. The molecule has 1 aliphatic carbocycles. The van der Waals surface area contributed by atoms with Crippen LogP contribution in [0, 0.1) is 13.8 Å². The van der Waals surface area contributed by atoms with Gasteiger partial charge >= 0.3 is 0 Å². The third kappa shape index (κ3) is 2.72. The maximum atomic E-state index is 3.70. The quantitative estimate of drug-likeness (QED) is 0.751. The van der Waals surface area contributed by atoms with Crippen molar-refractivity contribution in [2.24, 2.45) is 0 Å². The summed E-state index contributed by atoms with van der Waals surface area (Å²) >= 11 is 5.50. The number of thiophene rings is 1. The van der Waals surface area contributed by atoms with E-state index < -0.39 is 0 Å². The van der Waals surface area contributed by atoms with Gasteiger partial charge in [-0.2, -0.15) is 0 Å². The van der Waals surface area contributed by atoms with Crippen LogP contribution in [0.15, 0.2) is 28.1 Å².